The highest BCUT2D eigenvalue weighted by molar-refractivity contribution is 7.14. The van der Waals surface area contributed by atoms with Gasteiger partial charge in [-0.25, -0.2) is 4.98 Å². The van der Waals surface area contributed by atoms with Crippen molar-refractivity contribution in [3.05, 3.63) is 51.8 Å². The highest BCUT2D eigenvalue weighted by atomic mass is 32.1. The van der Waals surface area contributed by atoms with Gasteiger partial charge in [0, 0.05) is 27.9 Å². The number of nitrogens with zero attached hydrogens (tertiary/aromatic N) is 4. The molecule has 0 aromatic carbocycles. The zero-order valence-electron chi connectivity index (χ0n) is 17.0. The molecule has 30 heavy (non-hydrogen) atoms. The van der Waals surface area contributed by atoms with Crippen molar-refractivity contribution in [2.75, 3.05) is 19.0 Å². The summed E-state index contributed by atoms with van der Waals surface area (Å²) in [6, 6.07) is 7.77. The zero-order valence-corrected chi connectivity index (χ0v) is 17.8. The van der Waals surface area contributed by atoms with E-state index < -0.39 is 0 Å². The summed E-state index contributed by atoms with van der Waals surface area (Å²) in [5.41, 5.74) is 4.22. The molecule has 4 aromatic rings. The Hall–Kier alpha value is -3.64. The molecule has 0 amide bonds. The molecule has 0 spiro atoms. The zero-order chi connectivity index (χ0) is 21.4. The van der Waals surface area contributed by atoms with Gasteiger partial charge >= 0.3 is 0 Å². The first-order valence-electron chi connectivity index (χ1n) is 9.28. The van der Waals surface area contributed by atoms with E-state index in [1.807, 2.05) is 37.5 Å². The molecule has 4 aromatic heterocycles. The van der Waals surface area contributed by atoms with Gasteiger partial charge in [-0.3, -0.25) is 4.79 Å². The lowest BCUT2D eigenvalue weighted by atomic mass is 10.1. The van der Waals surface area contributed by atoms with Crippen LogP contribution in [0.1, 0.15) is 32.2 Å². The Morgan fingerprint density at radius 1 is 1.33 bits per heavy atom. The number of imidazole rings is 1. The Labute approximate surface area is 177 Å². The second kappa shape index (κ2) is 7.65. The Morgan fingerprint density at radius 2 is 2.13 bits per heavy atom. The summed E-state index contributed by atoms with van der Waals surface area (Å²) < 4.78 is 7.14. The summed E-state index contributed by atoms with van der Waals surface area (Å²) in [5.74, 6) is 1.03. The van der Waals surface area contributed by atoms with Gasteiger partial charge in [0.2, 0.25) is 5.95 Å². The van der Waals surface area contributed by atoms with E-state index in [0.717, 1.165) is 26.8 Å². The van der Waals surface area contributed by atoms with Crippen LogP contribution in [0.4, 0.5) is 5.95 Å². The van der Waals surface area contributed by atoms with E-state index in [1.54, 1.807) is 30.7 Å². The number of hydrogen-bond acceptors (Lipinski definition) is 7. The molecule has 0 saturated heterocycles. The van der Waals surface area contributed by atoms with E-state index in [4.69, 9.17) is 4.74 Å². The number of hydrogen-bond donors (Lipinski definition) is 2. The molecule has 4 rings (SSSR count). The Morgan fingerprint density at radius 3 is 2.87 bits per heavy atom. The first-order chi connectivity index (χ1) is 14.4. The van der Waals surface area contributed by atoms with Crippen LogP contribution in [0, 0.1) is 32.1 Å². The number of H-pyrrole nitrogens is 1. The van der Waals surface area contributed by atoms with Gasteiger partial charge in [0.15, 0.2) is 11.4 Å². The summed E-state index contributed by atoms with van der Waals surface area (Å²) in [4.78, 5) is 25.6. The molecule has 0 aliphatic rings. The van der Waals surface area contributed by atoms with Crippen molar-refractivity contribution < 1.29 is 9.53 Å². The van der Waals surface area contributed by atoms with Crippen molar-refractivity contribution in [1.82, 2.24) is 19.5 Å². The Kier molecular flexibility index (Phi) is 5.01. The number of pyridine rings is 1. The van der Waals surface area contributed by atoms with Crippen LogP contribution in [0.5, 0.6) is 5.75 Å². The highest BCUT2D eigenvalue weighted by Crippen LogP contribution is 2.30. The number of carbonyl (C=O) groups excluding carboxylic acids is 1. The number of anilines is 1. The molecule has 0 atom stereocenters. The fourth-order valence-corrected chi connectivity index (χ4v) is 4.51. The summed E-state index contributed by atoms with van der Waals surface area (Å²) in [6.07, 6.45) is 1.59. The normalized spacial score (nSPS) is 10.9. The van der Waals surface area contributed by atoms with Gasteiger partial charge in [-0.1, -0.05) is 0 Å². The molecule has 0 aliphatic heterocycles. The summed E-state index contributed by atoms with van der Waals surface area (Å²) in [6.45, 7) is 5.88. The number of nitriles is 1. The summed E-state index contributed by atoms with van der Waals surface area (Å²) in [5, 5.41) is 13.3. The maximum absolute atomic E-state index is 12.9. The topological polar surface area (TPSA) is 109 Å². The highest BCUT2D eigenvalue weighted by Gasteiger charge is 2.20. The minimum Gasteiger partial charge on any atom is -0.495 e. The van der Waals surface area contributed by atoms with Crippen LogP contribution < -0.4 is 10.1 Å². The van der Waals surface area contributed by atoms with Crippen LogP contribution in [-0.2, 0) is 0 Å². The average Bonchev–Trinajstić information content (AvgIpc) is 3.39. The Balaban J connectivity index is 1.56. The monoisotopic (exact) mass is 420 g/mol. The predicted octanol–water partition coefficient (Wildman–Crippen LogP) is 3.91. The van der Waals surface area contributed by atoms with Crippen LogP contribution in [0.15, 0.2) is 24.4 Å². The van der Waals surface area contributed by atoms with E-state index in [0.29, 0.717) is 28.5 Å². The maximum atomic E-state index is 12.9. The molecule has 2 N–H and O–H groups in total. The molecule has 8 nitrogen and oxygen atoms in total. The molecule has 0 radical (unpaired) electrons. The lowest BCUT2D eigenvalue weighted by molar-refractivity contribution is 0.101. The van der Waals surface area contributed by atoms with E-state index in [1.165, 1.54) is 0 Å². The van der Waals surface area contributed by atoms with Crippen molar-refractivity contribution in [3.63, 3.8) is 0 Å². The maximum Gasteiger partial charge on any atom is 0.203 e. The lowest BCUT2D eigenvalue weighted by Gasteiger charge is -2.08. The van der Waals surface area contributed by atoms with E-state index in [-0.39, 0.29) is 12.3 Å². The van der Waals surface area contributed by atoms with Gasteiger partial charge in [-0.15, -0.1) is 11.3 Å². The van der Waals surface area contributed by atoms with Crippen LogP contribution in [0.3, 0.4) is 0 Å². The molecule has 152 valence electrons. The van der Waals surface area contributed by atoms with Crippen LogP contribution >= 0.6 is 11.3 Å². The quantitative estimate of drug-likeness (QED) is 0.458. The van der Waals surface area contributed by atoms with Crippen LogP contribution in [0.2, 0.25) is 0 Å². The molecule has 0 fully saturated rings. The SMILES string of the molecule is COc1cnc2nc(NCC(=O)c3cc(C)n(-c4sc(C)cc4C#N)c3C)[nH]c2c1. The molecule has 4 heterocycles. The number of nitrogens with one attached hydrogen (secondary N) is 2. The third kappa shape index (κ3) is 3.42. The molecule has 9 heteroatoms. The number of carbonyl (C=O) groups is 1. The lowest BCUT2D eigenvalue weighted by Crippen LogP contribution is -2.15. The number of fused-ring (bicyclic) bond motifs is 1. The van der Waals surface area contributed by atoms with Crippen molar-refractivity contribution in [3.8, 4) is 16.8 Å². The van der Waals surface area contributed by atoms with Crippen molar-refractivity contribution in [2.24, 2.45) is 0 Å². The van der Waals surface area contributed by atoms with Gasteiger partial charge in [-0.05, 0) is 32.9 Å². The molecular formula is C21H20N6O2S. The van der Waals surface area contributed by atoms with Crippen molar-refractivity contribution in [1.29, 1.82) is 5.26 Å². The average molecular weight is 420 g/mol. The number of rotatable bonds is 6. The number of aromatic amines is 1. The molecule has 0 bridgehead atoms. The van der Waals surface area contributed by atoms with Gasteiger partial charge < -0.3 is 19.6 Å². The smallest absolute Gasteiger partial charge is 0.203 e. The van der Waals surface area contributed by atoms with E-state index in [9.17, 15) is 10.1 Å². The Bertz CT molecular complexity index is 1310. The second-order valence-electron chi connectivity index (χ2n) is 6.92. The fraction of sp³-hybridized carbons (Fsp3) is 0.238. The van der Waals surface area contributed by atoms with E-state index in [2.05, 4.69) is 26.3 Å². The number of ether oxygens (including phenoxy) is 1. The first kappa shape index (κ1) is 19.7. The van der Waals surface area contributed by atoms with Crippen LogP contribution in [-0.4, -0.2) is 39.0 Å². The fourth-order valence-electron chi connectivity index (χ4n) is 3.44. The van der Waals surface area contributed by atoms with Gasteiger partial charge in [0.25, 0.3) is 0 Å². The third-order valence-corrected chi connectivity index (χ3v) is 5.89. The molecule has 0 aliphatic carbocycles. The third-order valence-electron chi connectivity index (χ3n) is 4.86. The number of Topliss-reactive ketones (excluding diaryl/α,β-unsaturated/α-hetero) is 1. The van der Waals surface area contributed by atoms with Gasteiger partial charge in [0.1, 0.15) is 16.8 Å². The molecular weight excluding hydrogens is 400 g/mol. The molecule has 0 saturated carbocycles. The van der Waals surface area contributed by atoms with Gasteiger partial charge in [0.05, 0.1) is 30.9 Å². The minimum absolute atomic E-state index is 0.0628. The number of thiophene rings is 1. The second-order valence-corrected chi connectivity index (χ2v) is 8.15. The van der Waals surface area contributed by atoms with Crippen LogP contribution in [0.25, 0.3) is 16.2 Å². The summed E-state index contributed by atoms with van der Waals surface area (Å²) >= 11 is 1.54. The van der Waals surface area contributed by atoms with E-state index >= 15 is 0 Å². The number of aryl methyl sites for hydroxylation is 2. The standard InChI is InChI=1S/C21H20N6O2S/c1-11-5-16(13(3)27(11)20-14(8-22)6-12(2)30-20)18(28)10-24-21-25-17-7-15(29-4)9-23-19(17)26-21/h5-7,9H,10H2,1-4H3,(H2,23,24,25,26). The summed E-state index contributed by atoms with van der Waals surface area (Å²) in [7, 11) is 1.57. The van der Waals surface area contributed by atoms with Crippen molar-refractivity contribution in [2.45, 2.75) is 20.8 Å². The first-order valence-corrected chi connectivity index (χ1v) is 10.1. The predicted molar refractivity (Wildman–Crippen MR) is 116 cm³/mol. The largest absolute Gasteiger partial charge is 0.495 e. The van der Waals surface area contributed by atoms with Crippen molar-refractivity contribution >= 4 is 34.2 Å². The molecule has 0 unspecified atom stereocenters. The van der Waals surface area contributed by atoms with Gasteiger partial charge in [-0.2, -0.15) is 10.2 Å². The number of ketones is 1. The number of methoxy groups -OCH3 is 1. The minimum atomic E-state index is -0.0628. The number of aromatic nitrogens is 4.